The fourth-order valence-corrected chi connectivity index (χ4v) is 4.39. The molecule has 4 aromatic rings. The van der Waals surface area contributed by atoms with Gasteiger partial charge in [0.25, 0.3) is 11.5 Å². The Morgan fingerprint density at radius 1 is 0.743 bits per heavy atom. The maximum Gasteiger partial charge on any atom is 0.281 e. The number of hydrogen-bond acceptors (Lipinski definition) is 3. The second-order valence-electron chi connectivity index (χ2n) is 8.84. The summed E-state index contributed by atoms with van der Waals surface area (Å²) in [4.78, 5) is 27.5. The molecule has 6 heteroatoms. The summed E-state index contributed by atoms with van der Waals surface area (Å²) in [6.45, 7) is 7.67. The van der Waals surface area contributed by atoms with Crippen molar-refractivity contribution in [1.29, 1.82) is 0 Å². The predicted molar refractivity (Wildman–Crippen MR) is 140 cm³/mol. The van der Waals surface area contributed by atoms with Crippen LogP contribution in [0.2, 0.25) is 0 Å². The van der Waals surface area contributed by atoms with E-state index in [-0.39, 0.29) is 11.5 Å². The Labute approximate surface area is 203 Å². The molecule has 1 aliphatic rings. The number of anilines is 1. The Hall–Kier alpha value is -4.45. The van der Waals surface area contributed by atoms with Crippen molar-refractivity contribution >= 4 is 22.9 Å². The van der Waals surface area contributed by atoms with Gasteiger partial charge in [0.1, 0.15) is 0 Å². The van der Waals surface area contributed by atoms with Crippen LogP contribution in [0.5, 0.6) is 0 Å². The smallest absolute Gasteiger partial charge is 0.281 e. The lowest BCUT2D eigenvalue weighted by atomic mass is 9.91. The van der Waals surface area contributed by atoms with Crippen molar-refractivity contribution in [1.82, 2.24) is 9.78 Å². The minimum absolute atomic E-state index is 0.216. The molecule has 0 radical (unpaired) electrons. The lowest BCUT2D eigenvalue weighted by molar-refractivity contribution is -0.114. The van der Waals surface area contributed by atoms with Crippen LogP contribution in [0.4, 0.5) is 5.69 Å². The number of amides is 1. The van der Waals surface area contributed by atoms with Crippen LogP contribution in [-0.4, -0.2) is 21.4 Å². The first-order chi connectivity index (χ1) is 16.8. The average Bonchev–Trinajstić information content (AvgIpc) is 3.31. The van der Waals surface area contributed by atoms with Crippen LogP contribution in [0, 0.1) is 20.8 Å². The monoisotopic (exact) mass is 462 g/mol. The van der Waals surface area contributed by atoms with Gasteiger partial charge in [-0.2, -0.15) is 10.1 Å². The number of nitrogens with one attached hydrogen (secondary N) is 1. The van der Waals surface area contributed by atoms with Gasteiger partial charge in [0.05, 0.1) is 28.2 Å². The minimum atomic E-state index is -0.257. The number of hydrazone groups is 1. The van der Waals surface area contributed by atoms with Crippen LogP contribution in [0.15, 0.2) is 94.3 Å². The molecular formula is C29H26N4O2. The van der Waals surface area contributed by atoms with Crippen LogP contribution in [0.3, 0.4) is 0 Å². The van der Waals surface area contributed by atoms with Crippen LogP contribution in [0.25, 0.3) is 11.3 Å². The molecule has 5 rings (SSSR count). The predicted octanol–water partition coefficient (Wildman–Crippen LogP) is 5.32. The standard InChI is InChI=1S/C29H26N4O2/c1-18-10-14-23(15-11-18)32-28(34)25(20(3)30-32)27(22-8-6-5-7-9-22)26-21(4)31-33(29(26)35)24-16-12-19(2)13-17-24/h5-17,30H,1-4H3/b27-26-. The highest BCUT2D eigenvalue weighted by molar-refractivity contribution is 6.34. The van der Waals surface area contributed by atoms with Crippen molar-refractivity contribution in [3.63, 3.8) is 0 Å². The molecule has 0 bridgehead atoms. The Morgan fingerprint density at radius 2 is 1.31 bits per heavy atom. The summed E-state index contributed by atoms with van der Waals surface area (Å²) in [5, 5.41) is 9.20. The third-order valence-electron chi connectivity index (χ3n) is 6.22. The quantitative estimate of drug-likeness (QED) is 0.417. The van der Waals surface area contributed by atoms with E-state index >= 15 is 0 Å². The van der Waals surface area contributed by atoms with Gasteiger partial charge in [0.2, 0.25) is 0 Å². The van der Waals surface area contributed by atoms with Gasteiger partial charge in [0.15, 0.2) is 0 Å². The first-order valence-electron chi connectivity index (χ1n) is 11.5. The number of carbonyl (C=O) groups is 1. The largest absolute Gasteiger partial charge is 0.295 e. The number of hydrogen-bond donors (Lipinski definition) is 1. The van der Waals surface area contributed by atoms with Crippen LogP contribution in [0.1, 0.15) is 34.9 Å². The third kappa shape index (κ3) is 3.93. The normalized spacial score (nSPS) is 14.9. The first-order valence-corrected chi connectivity index (χ1v) is 11.5. The first kappa shape index (κ1) is 22.3. The van der Waals surface area contributed by atoms with Crippen molar-refractivity contribution in [2.75, 3.05) is 5.01 Å². The summed E-state index contributed by atoms with van der Waals surface area (Å²) < 4.78 is 1.53. The van der Waals surface area contributed by atoms with E-state index in [9.17, 15) is 9.59 Å². The molecule has 0 saturated heterocycles. The molecule has 1 aliphatic heterocycles. The number of rotatable bonds is 4. The van der Waals surface area contributed by atoms with Crippen LogP contribution < -0.4 is 10.6 Å². The number of H-pyrrole nitrogens is 1. The SMILES string of the molecule is CC1=NN(c2ccc(C)cc2)C(=O)/C1=C(/c1ccccc1)c1c(C)[nH]n(-c2ccc(C)cc2)c1=O. The number of aromatic nitrogens is 2. The molecule has 1 N–H and O–H groups in total. The second-order valence-corrected chi connectivity index (χ2v) is 8.84. The lowest BCUT2D eigenvalue weighted by Crippen LogP contribution is -2.24. The van der Waals surface area contributed by atoms with Crippen molar-refractivity contribution in [3.8, 4) is 5.69 Å². The zero-order valence-corrected chi connectivity index (χ0v) is 20.2. The number of aryl methyl sites for hydroxylation is 3. The van der Waals surface area contributed by atoms with E-state index in [1.807, 2.05) is 107 Å². The van der Waals surface area contributed by atoms with Crippen LogP contribution in [-0.2, 0) is 4.79 Å². The number of aromatic amines is 1. The summed E-state index contributed by atoms with van der Waals surface area (Å²) in [5.41, 5.74) is 6.90. The zero-order valence-electron chi connectivity index (χ0n) is 20.2. The molecule has 0 unspecified atom stereocenters. The number of benzene rings is 3. The molecule has 0 saturated carbocycles. The molecule has 174 valence electrons. The maximum absolute atomic E-state index is 13.8. The average molecular weight is 463 g/mol. The van der Waals surface area contributed by atoms with Crippen molar-refractivity contribution in [3.05, 3.63) is 123 Å². The summed E-state index contributed by atoms with van der Waals surface area (Å²) in [6.07, 6.45) is 0. The Bertz CT molecular complexity index is 1540. The van der Waals surface area contributed by atoms with Gasteiger partial charge in [-0.25, -0.2) is 4.68 Å². The Morgan fingerprint density at radius 3 is 1.91 bits per heavy atom. The molecule has 0 spiro atoms. The van der Waals surface area contributed by atoms with E-state index in [1.54, 1.807) is 0 Å². The topological polar surface area (TPSA) is 70.5 Å². The van der Waals surface area contributed by atoms with E-state index in [1.165, 1.54) is 9.69 Å². The number of nitrogens with zero attached hydrogens (tertiary/aromatic N) is 3. The van der Waals surface area contributed by atoms with Gasteiger partial charge >= 0.3 is 0 Å². The summed E-state index contributed by atoms with van der Waals surface area (Å²) in [5.74, 6) is -0.257. The highest BCUT2D eigenvalue weighted by Crippen LogP contribution is 2.33. The molecular weight excluding hydrogens is 436 g/mol. The molecule has 0 fully saturated rings. The van der Waals surface area contributed by atoms with Gasteiger partial charge in [-0.15, -0.1) is 0 Å². The second kappa shape index (κ2) is 8.72. The van der Waals surface area contributed by atoms with Crippen molar-refractivity contribution in [2.45, 2.75) is 27.7 Å². The Balaban J connectivity index is 1.73. The van der Waals surface area contributed by atoms with Gasteiger partial charge in [-0.05, 0) is 57.5 Å². The highest BCUT2D eigenvalue weighted by atomic mass is 16.2. The van der Waals surface area contributed by atoms with E-state index in [0.717, 1.165) is 22.4 Å². The summed E-state index contributed by atoms with van der Waals surface area (Å²) in [6, 6.07) is 24.9. The third-order valence-corrected chi connectivity index (χ3v) is 6.22. The van der Waals surface area contributed by atoms with E-state index < -0.39 is 0 Å². The van der Waals surface area contributed by atoms with Gasteiger partial charge in [0, 0.05) is 11.3 Å². The molecule has 1 amide bonds. The minimum Gasteiger partial charge on any atom is -0.295 e. The number of carbonyl (C=O) groups excluding carboxylic acids is 1. The lowest BCUT2D eigenvalue weighted by Gasteiger charge is -2.14. The highest BCUT2D eigenvalue weighted by Gasteiger charge is 2.34. The molecule has 35 heavy (non-hydrogen) atoms. The van der Waals surface area contributed by atoms with Crippen LogP contribution >= 0.6 is 0 Å². The fraction of sp³-hybridized carbons (Fsp3) is 0.138. The van der Waals surface area contributed by atoms with Crippen molar-refractivity contribution in [2.24, 2.45) is 5.10 Å². The molecule has 3 aromatic carbocycles. The maximum atomic E-state index is 13.8. The summed E-state index contributed by atoms with van der Waals surface area (Å²) >= 11 is 0. The van der Waals surface area contributed by atoms with E-state index in [0.29, 0.717) is 33.8 Å². The molecule has 6 nitrogen and oxygen atoms in total. The molecule has 2 heterocycles. The zero-order chi connectivity index (χ0) is 24.7. The Kier molecular flexibility index (Phi) is 5.57. The van der Waals surface area contributed by atoms with Crippen molar-refractivity contribution < 1.29 is 4.79 Å². The van der Waals surface area contributed by atoms with Gasteiger partial charge in [-0.3, -0.25) is 14.7 Å². The fourth-order valence-electron chi connectivity index (χ4n) is 4.39. The molecule has 0 atom stereocenters. The molecule has 0 aliphatic carbocycles. The van der Waals surface area contributed by atoms with Gasteiger partial charge < -0.3 is 0 Å². The van der Waals surface area contributed by atoms with Gasteiger partial charge in [-0.1, -0.05) is 65.7 Å². The van der Waals surface area contributed by atoms with E-state index in [4.69, 9.17) is 0 Å². The summed E-state index contributed by atoms with van der Waals surface area (Å²) in [7, 11) is 0. The van der Waals surface area contributed by atoms with E-state index in [2.05, 4.69) is 10.2 Å². The molecule has 1 aromatic heterocycles.